The van der Waals surface area contributed by atoms with Crippen molar-refractivity contribution in [2.75, 3.05) is 0 Å². The number of aromatic nitrogens is 2. The molecule has 114 valence electrons. The molecule has 0 bridgehead atoms. The van der Waals surface area contributed by atoms with Crippen LogP contribution < -0.4 is 5.32 Å². The summed E-state index contributed by atoms with van der Waals surface area (Å²) >= 11 is 0. The highest BCUT2D eigenvalue weighted by Gasteiger charge is 2.25. The van der Waals surface area contributed by atoms with Gasteiger partial charge < -0.3 is 5.32 Å². The van der Waals surface area contributed by atoms with E-state index in [1.54, 1.807) is 0 Å². The molecule has 0 spiro atoms. The van der Waals surface area contributed by atoms with Crippen molar-refractivity contribution in [2.45, 2.75) is 45.1 Å². The number of H-pyrrole nitrogens is 1. The Morgan fingerprint density at radius 2 is 2.09 bits per heavy atom. The molecule has 22 heavy (non-hydrogen) atoms. The lowest BCUT2D eigenvalue weighted by molar-refractivity contribution is -0.125. The van der Waals surface area contributed by atoms with Crippen molar-refractivity contribution in [3.63, 3.8) is 0 Å². The standard InChI is InChI=1S/C18H21N3O/c22-18(14-9-8-12-4-1-2-5-13(12)10-14)19-11-17-15-6-3-7-16(15)20-21-17/h1-2,4-5,14H,3,6-11H2,(H,19,22)(H,20,21). The van der Waals surface area contributed by atoms with Gasteiger partial charge in [0.05, 0.1) is 12.2 Å². The molecule has 0 saturated heterocycles. The molecule has 1 unspecified atom stereocenters. The number of carbonyl (C=O) groups is 1. The van der Waals surface area contributed by atoms with Crippen LogP contribution in [0.4, 0.5) is 0 Å². The number of hydrogen-bond donors (Lipinski definition) is 2. The molecule has 1 amide bonds. The lowest BCUT2D eigenvalue weighted by atomic mass is 9.83. The van der Waals surface area contributed by atoms with Gasteiger partial charge in [-0.1, -0.05) is 24.3 Å². The minimum atomic E-state index is 0.0990. The number of aryl methyl sites for hydroxylation is 2. The summed E-state index contributed by atoms with van der Waals surface area (Å²) in [6.45, 7) is 0.558. The third kappa shape index (κ3) is 2.43. The van der Waals surface area contributed by atoms with E-state index in [1.165, 1.54) is 28.8 Å². The number of benzene rings is 1. The van der Waals surface area contributed by atoms with E-state index in [0.29, 0.717) is 6.54 Å². The van der Waals surface area contributed by atoms with Crippen LogP contribution in [0.5, 0.6) is 0 Å². The zero-order chi connectivity index (χ0) is 14.9. The third-order valence-corrected chi connectivity index (χ3v) is 5.04. The normalized spacial score (nSPS) is 19.5. The first-order valence-electron chi connectivity index (χ1n) is 8.21. The number of amides is 1. The second-order valence-electron chi connectivity index (χ2n) is 6.41. The summed E-state index contributed by atoms with van der Waals surface area (Å²) in [5.74, 6) is 0.270. The number of hydrogen-bond acceptors (Lipinski definition) is 2. The summed E-state index contributed by atoms with van der Waals surface area (Å²) in [5, 5.41) is 10.5. The first kappa shape index (κ1) is 13.6. The highest BCUT2D eigenvalue weighted by atomic mass is 16.1. The van der Waals surface area contributed by atoms with Gasteiger partial charge in [-0.25, -0.2) is 0 Å². The number of fused-ring (bicyclic) bond motifs is 2. The lowest BCUT2D eigenvalue weighted by Crippen LogP contribution is -2.34. The fourth-order valence-electron chi connectivity index (χ4n) is 3.77. The molecule has 4 heteroatoms. The third-order valence-electron chi connectivity index (χ3n) is 5.04. The molecule has 0 radical (unpaired) electrons. The molecular weight excluding hydrogens is 274 g/mol. The van der Waals surface area contributed by atoms with Crippen LogP contribution >= 0.6 is 0 Å². The fraction of sp³-hybridized carbons (Fsp3) is 0.444. The van der Waals surface area contributed by atoms with Crippen LogP contribution in [0.3, 0.4) is 0 Å². The molecule has 2 N–H and O–H groups in total. The Morgan fingerprint density at radius 1 is 1.23 bits per heavy atom. The van der Waals surface area contributed by atoms with Gasteiger partial charge in [0.25, 0.3) is 0 Å². The molecule has 0 aliphatic heterocycles. The Hall–Kier alpha value is -2.10. The molecule has 1 aromatic carbocycles. The first-order valence-corrected chi connectivity index (χ1v) is 8.21. The number of nitrogens with zero attached hydrogens (tertiary/aromatic N) is 1. The van der Waals surface area contributed by atoms with Gasteiger partial charge in [-0.15, -0.1) is 0 Å². The van der Waals surface area contributed by atoms with E-state index in [2.05, 4.69) is 39.8 Å². The predicted octanol–water partition coefficient (Wildman–Crippen LogP) is 2.32. The maximum absolute atomic E-state index is 12.5. The molecular formula is C18H21N3O. The molecule has 0 saturated carbocycles. The minimum absolute atomic E-state index is 0.0990. The van der Waals surface area contributed by atoms with Gasteiger partial charge in [0.2, 0.25) is 5.91 Å². The van der Waals surface area contributed by atoms with Crippen LogP contribution in [0, 0.1) is 5.92 Å². The Morgan fingerprint density at radius 3 is 3.00 bits per heavy atom. The van der Waals surface area contributed by atoms with Gasteiger partial charge in [0.1, 0.15) is 0 Å². The van der Waals surface area contributed by atoms with E-state index in [0.717, 1.165) is 37.8 Å². The lowest BCUT2D eigenvalue weighted by Gasteiger charge is -2.23. The van der Waals surface area contributed by atoms with Crippen LogP contribution in [-0.2, 0) is 37.0 Å². The Labute approximate surface area is 130 Å². The number of aromatic amines is 1. The van der Waals surface area contributed by atoms with Crippen molar-refractivity contribution >= 4 is 5.91 Å². The summed E-state index contributed by atoms with van der Waals surface area (Å²) in [5.41, 5.74) is 6.34. The zero-order valence-corrected chi connectivity index (χ0v) is 12.7. The average molecular weight is 295 g/mol. The van der Waals surface area contributed by atoms with Gasteiger partial charge >= 0.3 is 0 Å². The van der Waals surface area contributed by atoms with E-state index in [-0.39, 0.29) is 11.8 Å². The van der Waals surface area contributed by atoms with E-state index >= 15 is 0 Å². The van der Waals surface area contributed by atoms with Crippen molar-refractivity contribution < 1.29 is 4.79 Å². The van der Waals surface area contributed by atoms with Crippen molar-refractivity contribution in [1.82, 2.24) is 15.5 Å². The maximum atomic E-state index is 12.5. The molecule has 2 aliphatic rings. The SMILES string of the molecule is O=C(NCc1n[nH]c2c1CCC2)C1CCc2ccccc2C1. The van der Waals surface area contributed by atoms with Gasteiger partial charge in [0, 0.05) is 11.6 Å². The van der Waals surface area contributed by atoms with E-state index < -0.39 is 0 Å². The highest BCUT2D eigenvalue weighted by Crippen LogP contribution is 2.26. The van der Waals surface area contributed by atoms with Crippen LogP contribution in [0.15, 0.2) is 24.3 Å². The van der Waals surface area contributed by atoms with Gasteiger partial charge in [0.15, 0.2) is 0 Å². The predicted molar refractivity (Wildman–Crippen MR) is 84.4 cm³/mol. The van der Waals surface area contributed by atoms with Crippen molar-refractivity contribution in [1.29, 1.82) is 0 Å². The van der Waals surface area contributed by atoms with Gasteiger partial charge in [-0.2, -0.15) is 5.10 Å². The topological polar surface area (TPSA) is 57.8 Å². The fourth-order valence-corrected chi connectivity index (χ4v) is 3.77. The largest absolute Gasteiger partial charge is 0.350 e. The van der Waals surface area contributed by atoms with E-state index in [1.807, 2.05) is 0 Å². The molecule has 1 aromatic heterocycles. The monoisotopic (exact) mass is 295 g/mol. The highest BCUT2D eigenvalue weighted by molar-refractivity contribution is 5.79. The molecule has 2 aromatic rings. The number of rotatable bonds is 3. The second-order valence-corrected chi connectivity index (χ2v) is 6.41. The maximum Gasteiger partial charge on any atom is 0.223 e. The number of nitrogens with one attached hydrogen (secondary N) is 2. The smallest absolute Gasteiger partial charge is 0.223 e. The van der Waals surface area contributed by atoms with E-state index in [9.17, 15) is 4.79 Å². The first-order chi connectivity index (χ1) is 10.8. The quantitative estimate of drug-likeness (QED) is 0.913. The Bertz CT molecular complexity index is 704. The van der Waals surface area contributed by atoms with Crippen molar-refractivity contribution in [3.05, 3.63) is 52.3 Å². The molecule has 2 aliphatic carbocycles. The summed E-state index contributed by atoms with van der Waals surface area (Å²) in [4.78, 5) is 12.5. The summed E-state index contributed by atoms with van der Waals surface area (Å²) in [6, 6.07) is 8.47. The Kier molecular flexibility index (Phi) is 3.45. The Balaban J connectivity index is 1.39. The molecule has 4 nitrogen and oxygen atoms in total. The van der Waals surface area contributed by atoms with Crippen LogP contribution in [-0.4, -0.2) is 16.1 Å². The average Bonchev–Trinajstić information content (AvgIpc) is 3.16. The summed E-state index contributed by atoms with van der Waals surface area (Å²) in [6.07, 6.45) is 6.20. The van der Waals surface area contributed by atoms with Crippen molar-refractivity contribution in [3.8, 4) is 0 Å². The summed E-state index contributed by atoms with van der Waals surface area (Å²) in [7, 11) is 0. The van der Waals surface area contributed by atoms with Crippen LogP contribution in [0.1, 0.15) is 40.9 Å². The molecule has 1 atom stereocenters. The van der Waals surface area contributed by atoms with Crippen LogP contribution in [0.25, 0.3) is 0 Å². The van der Waals surface area contributed by atoms with Crippen LogP contribution in [0.2, 0.25) is 0 Å². The molecule has 4 rings (SSSR count). The van der Waals surface area contributed by atoms with E-state index in [4.69, 9.17) is 0 Å². The zero-order valence-electron chi connectivity index (χ0n) is 12.7. The van der Waals surface area contributed by atoms with Gasteiger partial charge in [-0.3, -0.25) is 9.89 Å². The van der Waals surface area contributed by atoms with Crippen molar-refractivity contribution in [2.24, 2.45) is 5.92 Å². The second kappa shape index (κ2) is 5.59. The molecule has 1 heterocycles. The minimum Gasteiger partial charge on any atom is -0.350 e. The summed E-state index contributed by atoms with van der Waals surface area (Å²) < 4.78 is 0. The molecule has 0 fully saturated rings. The number of carbonyl (C=O) groups excluding carboxylic acids is 1. The van der Waals surface area contributed by atoms with Gasteiger partial charge in [-0.05, 0) is 55.2 Å².